The number of benzene rings is 1. The second-order valence-corrected chi connectivity index (χ2v) is 7.21. The first-order valence-corrected chi connectivity index (χ1v) is 8.41. The number of aromatic nitrogens is 2. The lowest BCUT2D eigenvalue weighted by molar-refractivity contribution is -0.255. The summed E-state index contributed by atoms with van der Waals surface area (Å²) in [5.74, 6) is -1.86. The first-order valence-electron chi connectivity index (χ1n) is 6.52. The molecule has 0 aliphatic rings. The Morgan fingerprint density at radius 3 is 2.21 bits per heavy atom. The van der Waals surface area contributed by atoms with E-state index in [1.165, 1.54) is 17.7 Å². The molecule has 0 radical (unpaired) electrons. The first-order chi connectivity index (χ1) is 10.8. The highest BCUT2D eigenvalue weighted by Gasteiger charge is 2.36. The van der Waals surface area contributed by atoms with Gasteiger partial charge in [0.05, 0.1) is 27.8 Å². The third-order valence-electron chi connectivity index (χ3n) is 3.29. The lowest BCUT2D eigenvalue weighted by Crippen LogP contribution is -2.27. The second kappa shape index (κ2) is 5.62. The Morgan fingerprint density at radius 1 is 1.25 bits per heavy atom. The summed E-state index contributed by atoms with van der Waals surface area (Å²) in [5, 5.41) is 11.0. The summed E-state index contributed by atoms with van der Waals surface area (Å²) < 4.78 is 64.6. The van der Waals surface area contributed by atoms with Crippen LogP contribution in [0, 0.1) is 13.8 Å². The molecule has 6 nitrogen and oxygen atoms in total. The molecule has 1 aromatic carbocycles. The van der Waals surface area contributed by atoms with Gasteiger partial charge in [0, 0.05) is 18.0 Å². The Morgan fingerprint density at radius 2 is 1.83 bits per heavy atom. The number of rotatable bonds is 3. The number of nitrogens with zero attached hydrogens (tertiary/aromatic N) is 2. The van der Waals surface area contributed by atoms with Crippen molar-refractivity contribution >= 4 is 15.8 Å². The summed E-state index contributed by atoms with van der Waals surface area (Å²) in [4.78, 5) is 14.5. The van der Waals surface area contributed by atoms with E-state index in [-0.39, 0.29) is 11.5 Å². The Bertz CT molecular complexity index is 930. The molecule has 0 N–H and O–H groups in total. The van der Waals surface area contributed by atoms with E-state index in [0.29, 0.717) is 17.8 Å². The zero-order valence-corrected chi connectivity index (χ0v) is 13.6. The number of imidazole rings is 1. The van der Waals surface area contributed by atoms with Crippen LogP contribution in [0.3, 0.4) is 0 Å². The van der Waals surface area contributed by atoms with E-state index in [2.05, 4.69) is 4.98 Å². The molecule has 0 saturated carbocycles. The van der Waals surface area contributed by atoms with E-state index in [0.717, 1.165) is 6.26 Å². The van der Waals surface area contributed by atoms with Crippen LogP contribution in [-0.4, -0.2) is 30.2 Å². The minimum atomic E-state index is -5.00. The first kappa shape index (κ1) is 18.0. The molecule has 1 heterocycles. The highest BCUT2D eigenvalue weighted by atomic mass is 32.2. The fourth-order valence-corrected chi connectivity index (χ4v) is 3.19. The number of carboxylic acids is 1. The van der Waals surface area contributed by atoms with Gasteiger partial charge < -0.3 is 14.5 Å². The van der Waals surface area contributed by atoms with E-state index >= 15 is 0 Å². The monoisotopic (exact) mass is 361 g/mol. The topological polar surface area (TPSA) is 92.1 Å². The number of aromatic carboxylic acids is 1. The van der Waals surface area contributed by atoms with Crippen molar-refractivity contribution < 1.29 is 31.5 Å². The van der Waals surface area contributed by atoms with Crippen LogP contribution in [0.2, 0.25) is 0 Å². The van der Waals surface area contributed by atoms with Crippen molar-refractivity contribution in [2.24, 2.45) is 0 Å². The molecule has 0 saturated heterocycles. The van der Waals surface area contributed by atoms with Crippen molar-refractivity contribution in [3.63, 3.8) is 0 Å². The third kappa shape index (κ3) is 3.28. The van der Waals surface area contributed by atoms with Gasteiger partial charge in [0.25, 0.3) is 0 Å². The summed E-state index contributed by atoms with van der Waals surface area (Å²) in [5.41, 5.74) is -2.59. The number of halogens is 3. The molecule has 130 valence electrons. The van der Waals surface area contributed by atoms with E-state index in [1.54, 1.807) is 6.92 Å². The molecule has 0 aliphatic carbocycles. The average Bonchev–Trinajstić information content (AvgIpc) is 2.74. The molecular formula is C14H12F3N2O4S-. The molecule has 1 aromatic heterocycles. The van der Waals surface area contributed by atoms with Crippen LogP contribution in [0.25, 0.3) is 5.69 Å². The molecule has 0 spiro atoms. The molecular weight excluding hydrogens is 349 g/mol. The summed E-state index contributed by atoms with van der Waals surface area (Å²) in [7, 11) is -4.01. The number of carbonyl (C=O) groups excluding carboxylic acids is 1. The zero-order chi connectivity index (χ0) is 18.4. The molecule has 10 heteroatoms. The van der Waals surface area contributed by atoms with Gasteiger partial charge in [-0.1, -0.05) is 0 Å². The molecule has 2 rings (SSSR count). The lowest BCUT2D eigenvalue weighted by atomic mass is 10.1. The Labute approximate surface area is 135 Å². The van der Waals surface area contributed by atoms with Crippen LogP contribution in [0.15, 0.2) is 23.2 Å². The number of carbonyl (C=O) groups is 1. The summed E-state index contributed by atoms with van der Waals surface area (Å²) in [6.07, 6.45) is -2.86. The van der Waals surface area contributed by atoms with Crippen LogP contribution in [0.1, 0.15) is 27.4 Å². The standard InChI is InChI=1S/C14H13F3N2O4S/c1-7-6-19(8(2)18-7)11-5-10(14(15,16)17)9(13(20)21)4-12(11)24(3,22)23/h4-6H,1-3H3,(H,20,21)/p-1. The molecule has 24 heavy (non-hydrogen) atoms. The SMILES string of the molecule is Cc1cn(-c2cc(C(F)(F)F)c(C(=O)[O-])cc2S(C)(=O)=O)c(C)n1. The Hall–Kier alpha value is -2.36. The molecule has 2 aromatic rings. The van der Waals surface area contributed by atoms with Crippen LogP contribution in [0.4, 0.5) is 13.2 Å². The highest BCUT2D eigenvalue weighted by Crippen LogP contribution is 2.36. The average molecular weight is 361 g/mol. The van der Waals surface area contributed by atoms with Crippen LogP contribution >= 0.6 is 0 Å². The fraction of sp³-hybridized carbons (Fsp3) is 0.286. The van der Waals surface area contributed by atoms with Gasteiger partial charge in [-0.05, 0) is 26.0 Å². The molecule has 0 amide bonds. The minimum Gasteiger partial charge on any atom is -0.545 e. The van der Waals surface area contributed by atoms with Gasteiger partial charge in [-0.15, -0.1) is 0 Å². The number of carboxylic acid groups (broad SMARTS) is 1. The van der Waals surface area contributed by atoms with Gasteiger partial charge >= 0.3 is 6.18 Å². The third-order valence-corrected chi connectivity index (χ3v) is 4.41. The Kier molecular flexibility index (Phi) is 4.21. The zero-order valence-electron chi connectivity index (χ0n) is 12.8. The minimum absolute atomic E-state index is 0.256. The lowest BCUT2D eigenvalue weighted by Gasteiger charge is -2.19. The summed E-state index contributed by atoms with van der Waals surface area (Å²) in [6, 6.07) is 0.952. The summed E-state index contributed by atoms with van der Waals surface area (Å²) >= 11 is 0. The second-order valence-electron chi connectivity index (χ2n) is 5.22. The normalized spacial score (nSPS) is 12.4. The smallest absolute Gasteiger partial charge is 0.417 e. The van der Waals surface area contributed by atoms with E-state index in [4.69, 9.17) is 0 Å². The largest absolute Gasteiger partial charge is 0.545 e. The molecule has 0 fully saturated rings. The highest BCUT2D eigenvalue weighted by molar-refractivity contribution is 7.90. The van der Waals surface area contributed by atoms with Gasteiger partial charge in [0.15, 0.2) is 9.84 Å². The number of alkyl halides is 3. The van der Waals surface area contributed by atoms with Gasteiger partial charge in [-0.25, -0.2) is 13.4 Å². The molecule has 0 aliphatic heterocycles. The quantitative estimate of drug-likeness (QED) is 0.821. The Balaban J connectivity index is 2.97. The maximum atomic E-state index is 13.2. The number of hydrogen-bond donors (Lipinski definition) is 0. The predicted octanol–water partition coefficient (Wildman–Crippen LogP) is 1.27. The van der Waals surface area contributed by atoms with Crippen molar-refractivity contribution in [1.29, 1.82) is 0 Å². The van der Waals surface area contributed by atoms with Crippen LogP contribution in [0.5, 0.6) is 0 Å². The van der Waals surface area contributed by atoms with E-state index in [9.17, 15) is 31.5 Å². The maximum absolute atomic E-state index is 13.2. The van der Waals surface area contributed by atoms with Gasteiger partial charge in [0.1, 0.15) is 5.82 Å². The van der Waals surface area contributed by atoms with Gasteiger partial charge in [-0.3, -0.25) is 0 Å². The van der Waals surface area contributed by atoms with Crippen molar-refractivity contribution in [2.75, 3.05) is 6.26 Å². The van der Waals surface area contributed by atoms with E-state index in [1.807, 2.05) is 0 Å². The molecule has 0 atom stereocenters. The van der Waals surface area contributed by atoms with Crippen molar-refractivity contribution in [3.05, 3.63) is 41.0 Å². The van der Waals surface area contributed by atoms with Gasteiger partial charge in [0.2, 0.25) is 0 Å². The van der Waals surface area contributed by atoms with Crippen LogP contribution in [-0.2, 0) is 16.0 Å². The maximum Gasteiger partial charge on any atom is 0.417 e. The van der Waals surface area contributed by atoms with Crippen molar-refractivity contribution in [2.45, 2.75) is 24.9 Å². The molecule has 0 bridgehead atoms. The fourth-order valence-electron chi connectivity index (χ4n) is 2.32. The van der Waals surface area contributed by atoms with Gasteiger partial charge in [-0.2, -0.15) is 13.2 Å². The summed E-state index contributed by atoms with van der Waals surface area (Å²) in [6.45, 7) is 3.07. The van der Waals surface area contributed by atoms with Crippen molar-refractivity contribution in [3.8, 4) is 5.69 Å². The molecule has 0 unspecified atom stereocenters. The van der Waals surface area contributed by atoms with E-state index < -0.39 is 38.0 Å². The number of aryl methyl sites for hydroxylation is 2. The van der Waals surface area contributed by atoms with Crippen molar-refractivity contribution in [1.82, 2.24) is 9.55 Å². The van der Waals surface area contributed by atoms with Crippen LogP contribution < -0.4 is 5.11 Å². The number of sulfone groups is 1. The number of hydrogen-bond acceptors (Lipinski definition) is 5. The predicted molar refractivity (Wildman–Crippen MR) is 75.5 cm³/mol.